The van der Waals surface area contributed by atoms with Gasteiger partial charge in [0.1, 0.15) is 11.7 Å². The van der Waals surface area contributed by atoms with Gasteiger partial charge >= 0.3 is 6.18 Å². The van der Waals surface area contributed by atoms with Crippen LogP contribution in [0.1, 0.15) is 37.7 Å². The standard InChI is InChI=1S/C21H24F3N7O2/c1-11-18(32)31-5-3-4-15-16(31)17(30(11)2)29-20(28-15)27-13-6-12(7-13)10-33-14-8-25-19(26-9-14)21(22,23)24/h8-9,11-13H,3-7,10H2,1-2H3,(H,27,28,29). The van der Waals surface area contributed by atoms with Gasteiger partial charge in [0.2, 0.25) is 17.7 Å². The number of anilines is 3. The number of hydrogen-bond acceptors (Lipinski definition) is 8. The number of nitrogens with zero attached hydrogens (tertiary/aromatic N) is 6. The van der Waals surface area contributed by atoms with Crippen molar-refractivity contribution in [3.05, 3.63) is 23.9 Å². The summed E-state index contributed by atoms with van der Waals surface area (Å²) in [4.78, 5) is 32.4. The van der Waals surface area contributed by atoms with Gasteiger partial charge in [0, 0.05) is 19.6 Å². The minimum absolute atomic E-state index is 0.0792. The van der Waals surface area contributed by atoms with Crippen LogP contribution in [-0.2, 0) is 17.4 Å². The van der Waals surface area contributed by atoms with Gasteiger partial charge in [-0.05, 0) is 38.5 Å². The molecule has 2 aromatic heterocycles. The maximum Gasteiger partial charge on any atom is 0.451 e. The van der Waals surface area contributed by atoms with E-state index in [0.717, 1.165) is 55.3 Å². The van der Waals surface area contributed by atoms with E-state index in [1.54, 1.807) is 0 Å². The van der Waals surface area contributed by atoms with E-state index in [4.69, 9.17) is 9.72 Å². The Morgan fingerprint density at radius 3 is 2.64 bits per heavy atom. The van der Waals surface area contributed by atoms with Crippen LogP contribution in [0, 0.1) is 5.92 Å². The van der Waals surface area contributed by atoms with E-state index in [1.807, 2.05) is 23.8 Å². The van der Waals surface area contributed by atoms with Gasteiger partial charge in [-0.1, -0.05) is 0 Å². The Morgan fingerprint density at radius 2 is 1.94 bits per heavy atom. The summed E-state index contributed by atoms with van der Waals surface area (Å²) in [6.45, 7) is 2.95. The lowest BCUT2D eigenvalue weighted by Gasteiger charge is -2.42. The highest BCUT2D eigenvalue weighted by atomic mass is 19.4. The molecule has 176 valence electrons. The van der Waals surface area contributed by atoms with Crippen molar-refractivity contribution in [2.45, 2.75) is 50.9 Å². The van der Waals surface area contributed by atoms with Gasteiger partial charge in [0.05, 0.1) is 24.7 Å². The first-order chi connectivity index (χ1) is 15.7. The number of halogens is 3. The van der Waals surface area contributed by atoms with Crippen molar-refractivity contribution < 1.29 is 22.7 Å². The normalized spacial score (nSPS) is 24.3. The van der Waals surface area contributed by atoms with Crippen LogP contribution in [0.25, 0.3) is 0 Å². The highest BCUT2D eigenvalue weighted by Crippen LogP contribution is 2.40. The van der Waals surface area contributed by atoms with Crippen LogP contribution in [0.2, 0.25) is 0 Å². The maximum absolute atomic E-state index is 12.6. The second-order valence-electron chi connectivity index (χ2n) is 8.78. The van der Waals surface area contributed by atoms with Crippen LogP contribution >= 0.6 is 0 Å². The van der Waals surface area contributed by atoms with Crippen molar-refractivity contribution in [3.8, 4) is 5.75 Å². The van der Waals surface area contributed by atoms with Crippen molar-refractivity contribution >= 4 is 23.4 Å². The van der Waals surface area contributed by atoms with E-state index in [9.17, 15) is 18.0 Å². The van der Waals surface area contributed by atoms with E-state index >= 15 is 0 Å². The lowest BCUT2D eigenvalue weighted by Crippen LogP contribution is -2.53. The zero-order valence-corrected chi connectivity index (χ0v) is 18.3. The van der Waals surface area contributed by atoms with E-state index in [0.29, 0.717) is 19.1 Å². The molecule has 3 aliphatic rings. The molecule has 0 radical (unpaired) electrons. The fraction of sp³-hybridized carbons (Fsp3) is 0.571. The minimum atomic E-state index is -4.57. The lowest BCUT2D eigenvalue weighted by molar-refractivity contribution is -0.145. The number of aromatic nitrogens is 4. The number of alkyl halides is 3. The Morgan fingerprint density at radius 1 is 1.21 bits per heavy atom. The van der Waals surface area contributed by atoms with Crippen molar-refractivity contribution in [3.63, 3.8) is 0 Å². The van der Waals surface area contributed by atoms with Crippen molar-refractivity contribution in [1.29, 1.82) is 0 Å². The molecule has 1 atom stereocenters. The number of likely N-dealkylation sites (N-methyl/N-ethyl adjacent to an activating group) is 1. The lowest BCUT2D eigenvalue weighted by atomic mass is 9.81. The fourth-order valence-corrected chi connectivity index (χ4v) is 4.48. The second kappa shape index (κ2) is 7.99. The molecule has 1 unspecified atom stereocenters. The highest BCUT2D eigenvalue weighted by molar-refractivity contribution is 6.05. The van der Waals surface area contributed by atoms with Crippen LogP contribution in [0.5, 0.6) is 5.75 Å². The quantitative estimate of drug-likeness (QED) is 0.723. The maximum atomic E-state index is 12.6. The second-order valence-corrected chi connectivity index (χ2v) is 8.78. The summed E-state index contributed by atoms with van der Waals surface area (Å²) in [5.74, 6) is 0.703. The Hall–Kier alpha value is -3.18. The molecule has 5 rings (SSSR count). The van der Waals surface area contributed by atoms with Gasteiger partial charge in [-0.2, -0.15) is 18.2 Å². The summed E-state index contributed by atoms with van der Waals surface area (Å²) in [5, 5.41) is 3.38. The number of hydrogen-bond donors (Lipinski definition) is 1. The first kappa shape index (κ1) is 21.7. The molecule has 2 aliphatic heterocycles. The number of carbonyl (C=O) groups is 1. The summed E-state index contributed by atoms with van der Waals surface area (Å²) in [7, 11) is 1.88. The van der Waals surface area contributed by atoms with Crippen LogP contribution in [-0.4, -0.2) is 58.1 Å². The first-order valence-corrected chi connectivity index (χ1v) is 10.9. The van der Waals surface area contributed by atoms with E-state index in [2.05, 4.69) is 20.3 Å². The number of rotatable bonds is 5. The van der Waals surface area contributed by atoms with Crippen LogP contribution in [0.4, 0.5) is 30.6 Å². The Labute approximate surface area is 188 Å². The van der Waals surface area contributed by atoms with Gasteiger partial charge < -0.3 is 19.9 Å². The average Bonchev–Trinajstić information content (AvgIpc) is 2.76. The summed E-state index contributed by atoms with van der Waals surface area (Å²) >= 11 is 0. The van der Waals surface area contributed by atoms with Gasteiger partial charge in [-0.3, -0.25) is 4.79 Å². The van der Waals surface area contributed by atoms with E-state index in [-0.39, 0.29) is 29.7 Å². The molecule has 4 heterocycles. The molecule has 0 saturated heterocycles. The summed E-state index contributed by atoms with van der Waals surface area (Å²) < 4.78 is 43.2. The molecule has 1 aliphatic carbocycles. The summed E-state index contributed by atoms with van der Waals surface area (Å²) in [6.07, 6.45) is 0.861. The zero-order valence-electron chi connectivity index (χ0n) is 18.3. The Kier molecular flexibility index (Phi) is 5.25. The molecule has 1 N–H and O–H groups in total. The molecule has 1 fully saturated rings. The molecule has 2 aromatic rings. The molecule has 9 nitrogen and oxygen atoms in total. The van der Waals surface area contributed by atoms with Crippen molar-refractivity contribution in [2.24, 2.45) is 5.92 Å². The summed E-state index contributed by atoms with van der Waals surface area (Å²) in [5.41, 5.74) is 1.72. The molecule has 33 heavy (non-hydrogen) atoms. The molecular formula is C21H24F3N7O2. The molecule has 12 heteroatoms. The van der Waals surface area contributed by atoms with Gasteiger partial charge in [0.15, 0.2) is 11.6 Å². The van der Waals surface area contributed by atoms with Crippen molar-refractivity contribution in [1.82, 2.24) is 19.9 Å². The number of aryl methyl sites for hydroxylation is 1. The van der Waals surface area contributed by atoms with Crippen LogP contribution in [0.15, 0.2) is 12.4 Å². The average molecular weight is 463 g/mol. The molecule has 0 bridgehead atoms. The number of ether oxygens (including phenoxy) is 1. The van der Waals surface area contributed by atoms with Crippen molar-refractivity contribution in [2.75, 3.05) is 35.3 Å². The number of nitrogens with one attached hydrogen (secondary N) is 1. The summed E-state index contributed by atoms with van der Waals surface area (Å²) in [6, 6.07) is -0.0917. The SMILES string of the molecule is CC1C(=O)N2CCCc3nc(NC4CC(COc5cnc(C(F)(F)F)nc5)C4)nc(c32)N1C. The molecule has 1 saturated carbocycles. The smallest absolute Gasteiger partial charge is 0.451 e. The first-order valence-electron chi connectivity index (χ1n) is 10.9. The fourth-order valence-electron chi connectivity index (χ4n) is 4.48. The number of carbonyl (C=O) groups excluding carboxylic acids is 1. The van der Waals surface area contributed by atoms with Crippen LogP contribution in [0.3, 0.4) is 0 Å². The zero-order chi connectivity index (χ0) is 23.3. The van der Waals surface area contributed by atoms with Crippen LogP contribution < -0.4 is 19.9 Å². The molecule has 1 amide bonds. The predicted molar refractivity (Wildman–Crippen MR) is 113 cm³/mol. The third-order valence-electron chi connectivity index (χ3n) is 6.48. The Bertz CT molecular complexity index is 1060. The van der Waals surface area contributed by atoms with Gasteiger partial charge in [0.25, 0.3) is 0 Å². The van der Waals surface area contributed by atoms with Gasteiger partial charge in [-0.25, -0.2) is 15.0 Å². The minimum Gasteiger partial charge on any atom is -0.490 e. The molecule has 0 spiro atoms. The predicted octanol–water partition coefficient (Wildman–Crippen LogP) is 2.67. The highest BCUT2D eigenvalue weighted by Gasteiger charge is 2.39. The third kappa shape index (κ3) is 4.02. The Balaban J connectivity index is 1.18. The topological polar surface area (TPSA) is 96.4 Å². The largest absolute Gasteiger partial charge is 0.490 e. The van der Waals surface area contributed by atoms with E-state index in [1.165, 1.54) is 0 Å². The molecular weight excluding hydrogens is 439 g/mol. The van der Waals surface area contributed by atoms with Gasteiger partial charge in [-0.15, -0.1) is 0 Å². The molecule has 0 aromatic carbocycles. The number of amides is 1. The third-order valence-corrected chi connectivity index (χ3v) is 6.48. The monoisotopic (exact) mass is 463 g/mol. The van der Waals surface area contributed by atoms with E-state index < -0.39 is 12.0 Å².